The third kappa shape index (κ3) is 5.04. The average Bonchev–Trinajstić information content (AvgIpc) is 2.92. The van der Waals surface area contributed by atoms with Gasteiger partial charge in [-0.25, -0.2) is 4.39 Å². The highest BCUT2D eigenvalue weighted by Crippen LogP contribution is 2.30. The van der Waals surface area contributed by atoms with Crippen molar-refractivity contribution in [1.82, 2.24) is 10.6 Å². The Morgan fingerprint density at radius 2 is 1.96 bits per heavy atom. The zero-order chi connectivity index (χ0) is 17.6. The molecule has 7 heteroatoms. The van der Waals surface area contributed by atoms with E-state index >= 15 is 0 Å². The van der Waals surface area contributed by atoms with Gasteiger partial charge in [0.1, 0.15) is 5.82 Å². The second-order valence-electron chi connectivity index (χ2n) is 6.09. The molecule has 0 aromatic heterocycles. The van der Waals surface area contributed by atoms with Gasteiger partial charge in [-0.05, 0) is 25.3 Å². The second kappa shape index (κ2) is 7.90. The zero-order valence-corrected chi connectivity index (χ0v) is 13.3. The lowest BCUT2D eigenvalue weighted by atomic mass is 9.86. The van der Waals surface area contributed by atoms with Crippen LogP contribution < -0.4 is 10.6 Å². The Morgan fingerprint density at radius 3 is 2.58 bits per heavy atom. The van der Waals surface area contributed by atoms with Gasteiger partial charge in [0.2, 0.25) is 11.8 Å². The summed E-state index contributed by atoms with van der Waals surface area (Å²) in [4.78, 5) is 34.3. The van der Waals surface area contributed by atoms with Crippen LogP contribution >= 0.6 is 0 Å². The van der Waals surface area contributed by atoms with Gasteiger partial charge in [0.25, 0.3) is 0 Å². The monoisotopic (exact) mass is 336 g/mol. The third-order valence-corrected chi connectivity index (χ3v) is 4.32. The van der Waals surface area contributed by atoms with Gasteiger partial charge < -0.3 is 15.7 Å². The number of aliphatic carboxylic acids is 1. The first-order chi connectivity index (χ1) is 11.4. The Morgan fingerprint density at radius 1 is 1.25 bits per heavy atom. The molecule has 1 heterocycles. The number of nitrogens with one attached hydrogen (secondary N) is 2. The summed E-state index contributed by atoms with van der Waals surface area (Å²) in [5, 5.41) is 14.3. The number of carboxylic acid groups (broad SMARTS) is 1. The van der Waals surface area contributed by atoms with Crippen molar-refractivity contribution in [2.75, 3.05) is 0 Å². The van der Waals surface area contributed by atoms with E-state index in [9.17, 15) is 18.8 Å². The maximum atomic E-state index is 13.5. The largest absolute Gasteiger partial charge is 0.481 e. The molecule has 2 amide bonds. The Bertz CT molecular complexity index is 635. The van der Waals surface area contributed by atoms with Crippen LogP contribution in [0.4, 0.5) is 4.39 Å². The lowest BCUT2D eigenvalue weighted by Crippen LogP contribution is -2.43. The van der Waals surface area contributed by atoms with Crippen LogP contribution in [0.25, 0.3) is 0 Å². The quantitative estimate of drug-likeness (QED) is 0.674. The van der Waals surface area contributed by atoms with Crippen LogP contribution in [0.1, 0.15) is 44.1 Å². The van der Waals surface area contributed by atoms with E-state index in [1.165, 1.54) is 6.07 Å². The summed E-state index contributed by atoms with van der Waals surface area (Å²) in [7, 11) is 0. The van der Waals surface area contributed by atoms with E-state index in [4.69, 9.17) is 5.11 Å². The predicted molar refractivity (Wildman–Crippen MR) is 84.5 cm³/mol. The summed E-state index contributed by atoms with van der Waals surface area (Å²) < 4.78 is 13.5. The molecule has 1 saturated heterocycles. The lowest BCUT2D eigenvalue weighted by Gasteiger charge is -2.28. The SMILES string of the molecule is O=C(O)CCC1(CCC(=O)NCc2ccccc2F)CCC(=O)N1. The van der Waals surface area contributed by atoms with E-state index < -0.39 is 11.5 Å². The molecular weight excluding hydrogens is 315 g/mol. The summed E-state index contributed by atoms with van der Waals surface area (Å²) in [5.74, 6) is -1.68. The van der Waals surface area contributed by atoms with Crippen LogP contribution in [0.2, 0.25) is 0 Å². The average molecular weight is 336 g/mol. The summed E-state index contributed by atoms with van der Waals surface area (Å²) in [6.07, 6.45) is 1.63. The Kier molecular flexibility index (Phi) is 5.89. The molecule has 1 atom stereocenters. The number of hydrogen-bond acceptors (Lipinski definition) is 3. The molecule has 1 fully saturated rings. The minimum Gasteiger partial charge on any atom is -0.481 e. The van der Waals surface area contributed by atoms with E-state index in [2.05, 4.69) is 10.6 Å². The number of carbonyl (C=O) groups excluding carboxylic acids is 2. The molecule has 2 rings (SSSR count). The molecule has 1 aromatic rings. The van der Waals surface area contributed by atoms with Crippen LogP contribution in [-0.4, -0.2) is 28.4 Å². The fraction of sp³-hybridized carbons (Fsp3) is 0.471. The fourth-order valence-electron chi connectivity index (χ4n) is 2.90. The number of halogens is 1. The van der Waals surface area contributed by atoms with Crippen LogP contribution in [0.15, 0.2) is 24.3 Å². The maximum absolute atomic E-state index is 13.5. The van der Waals surface area contributed by atoms with Gasteiger partial charge >= 0.3 is 5.97 Å². The Hall–Kier alpha value is -2.44. The fourth-order valence-corrected chi connectivity index (χ4v) is 2.90. The number of hydrogen-bond donors (Lipinski definition) is 3. The molecule has 0 bridgehead atoms. The van der Waals surface area contributed by atoms with E-state index in [-0.39, 0.29) is 37.0 Å². The number of carbonyl (C=O) groups is 3. The van der Waals surface area contributed by atoms with Gasteiger partial charge in [0, 0.05) is 36.9 Å². The summed E-state index contributed by atoms with van der Waals surface area (Å²) in [6.45, 7) is 0.0972. The van der Waals surface area contributed by atoms with Crippen molar-refractivity contribution in [1.29, 1.82) is 0 Å². The van der Waals surface area contributed by atoms with Crippen LogP contribution in [0.3, 0.4) is 0 Å². The Labute approximate surface area is 139 Å². The summed E-state index contributed by atoms with van der Waals surface area (Å²) in [6, 6.07) is 6.20. The first-order valence-electron chi connectivity index (χ1n) is 7.93. The summed E-state index contributed by atoms with van der Waals surface area (Å²) in [5.41, 5.74) is -0.231. The van der Waals surface area contributed by atoms with Crippen molar-refractivity contribution in [3.63, 3.8) is 0 Å². The normalized spacial score (nSPS) is 19.8. The molecule has 0 aliphatic carbocycles. The molecule has 1 aliphatic heterocycles. The van der Waals surface area contributed by atoms with Gasteiger partial charge in [0.15, 0.2) is 0 Å². The highest BCUT2D eigenvalue weighted by atomic mass is 19.1. The first kappa shape index (κ1) is 17.9. The second-order valence-corrected chi connectivity index (χ2v) is 6.09. The summed E-state index contributed by atoms with van der Waals surface area (Å²) >= 11 is 0. The first-order valence-corrected chi connectivity index (χ1v) is 7.93. The Balaban J connectivity index is 1.85. The minimum atomic E-state index is -0.931. The van der Waals surface area contributed by atoms with Crippen LogP contribution in [0.5, 0.6) is 0 Å². The molecule has 3 N–H and O–H groups in total. The van der Waals surface area contributed by atoms with Crippen molar-refractivity contribution in [2.24, 2.45) is 0 Å². The van der Waals surface area contributed by atoms with Gasteiger partial charge in [-0.1, -0.05) is 18.2 Å². The van der Waals surface area contributed by atoms with Crippen molar-refractivity contribution < 1.29 is 23.9 Å². The van der Waals surface area contributed by atoms with Crippen LogP contribution in [0, 0.1) is 5.82 Å². The molecule has 0 saturated carbocycles. The van der Waals surface area contributed by atoms with Gasteiger partial charge in [-0.15, -0.1) is 0 Å². The van der Waals surface area contributed by atoms with Gasteiger partial charge in [-0.2, -0.15) is 0 Å². The van der Waals surface area contributed by atoms with Crippen molar-refractivity contribution in [3.05, 3.63) is 35.6 Å². The van der Waals surface area contributed by atoms with E-state index in [1.807, 2.05) is 0 Å². The molecule has 130 valence electrons. The molecule has 1 aromatic carbocycles. The highest BCUT2D eigenvalue weighted by Gasteiger charge is 2.37. The molecule has 1 aliphatic rings. The predicted octanol–water partition coefficient (Wildman–Crippen LogP) is 1.74. The maximum Gasteiger partial charge on any atom is 0.303 e. The third-order valence-electron chi connectivity index (χ3n) is 4.32. The number of amides is 2. The van der Waals surface area contributed by atoms with E-state index in [0.29, 0.717) is 31.2 Å². The molecule has 0 radical (unpaired) electrons. The van der Waals surface area contributed by atoms with E-state index in [1.54, 1.807) is 18.2 Å². The molecular formula is C17H21FN2O4. The lowest BCUT2D eigenvalue weighted by molar-refractivity contribution is -0.137. The highest BCUT2D eigenvalue weighted by molar-refractivity contribution is 5.80. The molecule has 6 nitrogen and oxygen atoms in total. The topological polar surface area (TPSA) is 95.5 Å². The minimum absolute atomic E-state index is 0.0584. The van der Waals surface area contributed by atoms with E-state index in [0.717, 1.165) is 0 Å². The number of rotatable bonds is 8. The smallest absolute Gasteiger partial charge is 0.303 e. The van der Waals surface area contributed by atoms with Crippen LogP contribution in [-0.2, 0) is 20.9 Å². The zero-order valence-electron chi connectivity index (χ0n) is 13.3. The van der Waals surface area contributed by atoms with Crippen molar-refractivity contribution >= 4 is 17.8 Å². The molecule has 1 unspecified atom stereocenters. The number of carboxylic acids is 1. The van der Waals surface area contributed by atoms with Gasteiger partial charge in [-0.3, -0.25) is 14.4 Å². The van der Waals surface area contributed by atoms with Crippen molar-refractivity contribution in [3.8, 4) is 0 Å². The molecule has 24 heavy (non-hydrogen) atoms. The number of benzene rings is 1. The standard InChI is InChI=1S/C17H21FN2O4/c18-13-4-2-1-3-12(13)11-19-14(21)5-8-17(10-7-16(23)24)9-6-15(22)20-17/h1-4H,5-11H2,(H,19,21)(H,20,22)(H,23,24). The van der Waals surface area contributed by atoms with Gasteiger partial charge in [0.05, 0.1) is 0 Å². The van der Waals surface area contributed by atoms with Crippen molar-refractivity contribution in [2.45, 2.75) is 50.6 Å². The molecule has 0 spiro atoms.